The average molecular weight is 497 g/mol. The number of aromatic nitrogens is 3. The SMILES string of the molecule is O=C(O)c1cc2nc(-c3ccc(-c4cccc(OC(F)(F)F)c4)cc3)c(C3CCCCC3)c(=O)n2[nH]1. The zero-order valence-electron chi connectivity index (χ0n) is 19.0. The summed E-state index contributed by atoms with van der Waals surface area (Å²) in [5, 5.41) is 12.0. The maximum atomic E-state index is 13.5. The third-order valence-corrected chi connectivity index (χ3v) is 6.45. The molecule has 2 N–H and O–H groups in total. The van der Waals surface area contributed by atoms with Crippen LogP contribution < -0.4 is 10.3 Å². The first-order valence-corrected chi connectivity index (χ1v) is 11.6. The number of hydrogen-bond donors (Lipinski definition) is 2. The van der Waals surface area contributed by atoms with E-state index in [4.69, 9.17) is 0 Å². The first-order valence-electron chi connectivity index (χ1n) is 11.6. The van der Waals surface area contributed by atoms with E-state index in [-0.39, 0.29) is 28.6 Å². The van der Waals surface area contributed by atoms with Crippen LogP contribution in [0.2, 0.25) is 0 Å². The fraction of sp³-hybridized carbons (Fsp3) is 0.269. The molecule has 186 valence electrons. The van der Waals surface area contributed by atoms with Crippen molar-refractivity contribution in [3.8, 4) is 28.1 Å². The molecule has 10 heteroatoms. The number of aromatic amines is 1. The van der Waals surface area contributed by atoms with E-state index >= 15 is 0 Å². The van der Waals surface area contributed by atoms with E-state index < -0.39 is 12.3 Å². The molecular formula is C26H22F3N3O4. The third-order valence-electron chi connectivity index (χ3n) is 6.45. The van der Waals surface area contributed by atoms with Crippen molar-refractivity contribution in [2.24, 2.45) is 0 Å². The molecule has 7 nitrogen and oxygen atoms in total. The predicted octanol–water partition coefficient (Wildman–Crippen LogP) is 6.00. The highest BCUT2D eigenvalue weighted by molar-refractivity contribution is 5.86. The van der Waals surface area contributed by atoms with Gasteiger partial charge in [0.25, 0.3) is 5.56 Å². The molecular weight excluding hydrogens is 475 g/mol. The van der Waals surface area contributed by atoms with Gasteiger partial charge in [-0.1, -0.05) is 55.7 Å². The minimum Gasteiger partial charge on any atom is -0.477 e. The van der Waals surface area contributed by atoms with Gasteiger partial charge in [-0.15, -0.1) is 13.2 Å². The molecule has 1 aliphatic rings. The lowest BCUT2D eigenvalue weighted by atomic mass is 9.82. The van der Waals surface area contributed by atoms with Crippen LogP contribution in [0.5, 0.6) is 5.75 Å². The number of carboxylic acid groups (broad SMARTS) is 1. The smallest absolute Gasteiger partial charge is 0.477 e. The van der Waals surface area contributed by atoms with Crippen LogP contribution >= 0.6 is 0 Å². The fourth-order valence-electron chi connectivity index (χ4n) is 4.82. The van der Waals surface area contributed by atoms with Crippen LogP contribution in [0, 0.1) is 0 Å². The summed E-state index contributed by atoms with van der Waals surface area (Å²) in [7, 11) is 0. The topological polar surface area (TPSA) is 96.7 Å². The van der Waals surface area contributed by atoms with Crippen molar-refractivity contribution in [2.75, 3.05) is 0 Å². The molecule has 1 fully saturated rings. The highest BCUT2D eigenvalue weighted by Crippen LogP contribution is 2.36. The number of hydrogen-bond acceptors (Lipinski definition) is 4. The normalized spacial score (nSPS) is 14.8. The van der Waals surface area contributed by atoms with Crippen molar-refractivity contribution >= 4 is 11.6 Å². The Balaban J connectivity index is 1.58. The van der Waals surface area contributed by atoms with Crippen LogP contribution in [-0.2, 0) is 0 Å². The van der Waals surface area contributed by atoms with Gasteiger partial charge in [0.2, 0.25) is 0 Å². The summed E-state index contributed by atoms with van der Waals surface area (Å²) in [4.78, 5) is 29.6. The summed E-state index contributed by atoms with van der Waals surface area (Å²) >= 11 is 0. The van der Waals surface area contributed by atoms with Gasteiger partial charge in [0.05, 0.1) is 5.69 Å². The van der Waals surface area contributed by atoms with Crippen molar-refractivity contribution in [3.05, 3.63) is 76.2 Å². The Kier molecular flexibility index (Phi) is 6.03. The minimum absolute atomic E-state index is 0.00176. The van der Waals surface area contributed by atoms with Gasteiger partial charge in [-0.3, -0.25) is 9.89 Å². The monoisotopic (exact) mass is 497 g/mol. The summed E-state index contributed by atoms with van der Waals surface area (Å²) in [5.41, 5.74) is 2.64. The lowest BCUT2D eigenvalue weighted by Gasteiger charge is -2.23. The van der Waals surface area contributed by atoms with E-state index in [9.17, 15) is 27.9 Å². The van der Waals surface area contributed by atoms with Gasteiger partial charge < -0.3 is 9.84 Å². The lowest BCUT2D eigenvalue weighted by molar-refractivity contribution is -0.274. The van der Waals surface area contributed by atoms with Gasteiger partial charge in [0.1, 0.15) is 11.4 Å². The standard InChI is InChI=1S/C26H22F3N3O4/c27-26(28,29)36-19-8-4-7-18(13-19)15-9-11-17(12-10-15)23-22(16-5-2-1-3-6-16)24(33)32-21(30-23)14-20(31-32)25(34)35/h4,7-14,16,31H,1-3,5-6H2,(H,34,35). The van der Waals surface area contributed by atoms with Crippen LogP contribution in [0.4, 0.5) is 13.2 Å². The third kappa shape index (κ3) is 4.71. The molecule has 0 spiro atoms. The molecule has 0 bridgehead atoms. The molecule has 4 aromatic rings. The average Bonchev–Trinajstić information content (AvgIpc) is 3.29. The Labute approximate surface area is 203 Å². The predicted molar refractivity (Wildman–Crippen MR) is 126 cm³/mol. The van der Waals surface area contributed by atoms with Gasteiger partial charge in [0.15, 0.2) is 5.65 Å². The van der Waals surface area contributed by atoms with Crippen LogP contribution in [0.15, 0.2) is 59.4 Å². The van der Waals surface area contributed by atoms with Crippen molar-refractivity contribution in [1.29, 1.82) is 0 Å². The summed E-state index contributed by atoms with van der Waals surface area (Å²) in [6, 6.07) is 14.0. The van der Waals surface area contributed by atoms with Crippen molar-refractivity contribution in [1.82, 2.24) is 14.6 Å². The van der Waals surface area contributed by atoms with Crippen LogP contribution in [0.3, 0.4) is 0 Å². The summed E-state index contributed by atoms with van der Waals surface area (Å²) in [5.74, 6) is -1.51. The number of benzene rings is 2. The van der Waals surface area contributed by atoms with Gasteiger partial charge in [0, 0.05) is 17.2 Å². The molecule has 1 saturated carbocycles. The maximum absolute atomic E-state index is 13.5. The fourth-order valence-corrected chi connectivity index (χ4v) is 4.82. The van der Waals surface area contributed by atoms with Gasteiger partial charge in [-0.25, -0.2) is 14.3 Å². The molecule has 0 atom stereocenters. The van der Waals surface area contributed by atoms with Gasteiger partial charge >= 0.3 is 12.3 Å². The molecule has 0 saturated heterocycles. The number of H-pyrrole nitrogens is 1. The van der Waals surface area contributed by atoms with Crippen LogP contribution in [-0.4, -0.2) is 32.0 Å². The van der Waals surface area contributed by atoms with Gasteiger partial charge in [-0.2, -0.15) is 0 Å². The molecule has 5 rings (SSSR count). The van der Waals surface area contributed by atoms with E-state index in [0.717, 1.165) is 32.1 Å². The summed E-state index contributed by atoms with van der Waals surface area (Å²) < 4.78 is 43.0. The molecule has 0 amide bonds. The van der Waals surface area contributed by atoms with Crippen LogP contribution in [0.25, 0.3) is 28.0 Å². The maximum Gasteiger partial charge on any atom is 0.573 e. The Bertz CT molecular complexity index is 1480. The molecule has 36 heavy (non-hydrogen) atoms. The van der Waals surface area contributed by atoms with E-state index in [1.165, 1.54) is 28.8 Å². The zero-order valence-corrected chi connectivity index (χ0v) is 19.0. The number of rotatable bonds is 5. The number of fused-ring (bicyclic) bond motifs is 1. The van der Waals surface area contributed by atoms with Crippen molar-refractivity contribution in [3.63, 3.8) is 0 Å². The van der Waals surface area contributed by atoms with Crippen molar-refractivity contribution < 1.29 is 27.8 Å². The molecule has 2 aromatic carbocycles. The number of carboxylic acids is 1. The molecule has 0 aliphatic heterocycles. The largest absolute Gasteiger partial charge is 0.573 e. The summed E-state index contributed by atoms with van der Waals surface area (Å²) in [6.45, 7) is 0. The lowest BCUT2D eigenvalue weighted by Crippen LogP contribution is -2.25. The second-order valence-electron chi connectivity index (χ2n) is 8.84. The quantitative estimate of drug-likeness (QED) is 0.353. The van der Waals surface area contributed by atoms with Gasteiger partial charge in [-0.05, 0) is 42.0 Å². The minimum atomic E-state index is -4.78. The number of carbonyl (C=O) groups is 1. The summed E-state index contributed by atoms with van der Waals surface area (Å²) in [6.07, 6.45) is -0.0200. The van der Waals surface area contributed by atoms with E-state index in [0.29, 0.717) is 27.9 Å². The molecule has 2 aromatic heterocycles. The first-order chi connectivity index (χ1) is 17.2. The second kappa shape index (κ2) is 9.18. The molecule has 2 heterocycles. The molecule has 0 unspecified atom stereocenters. The van der Waals surface area contributed by atoms with E-state index in [1.54, 1.807) is 30.3 Å². The number of nitrogens with one attached hydrogen (secondary N) is 1. The number of ether oxygens (including phenoxy) is 1. The Morgan fingerprint density at radius 1 is 1.00 bits per heavy atom. The Hall–Kier alpha value is -4.08. The number of aromatic carboxylic acids is 1. The molecule has 1 aliphatic carbocycles. The van der Waals surface area contributed by atoms with E-state index in [1.807, 2.05) is 0 Å². The first kappa shape index (κ1) is 23.7. The number of nitrogens with zero attached hydrogens (tertiary/aromatic N) is 2. The Morgan fingerprint density at radius 2 is 1.69 bits per heavy atom. The van der Waals surface area contributed by atoms with E-state index in [2.05, 4.69) is 14.8 Å². The number of alkyl halides is 3. The zero-order chi connectivity index (χ0) is 25.4. The second-order valence-corrected chi connectivity index (χ2v) is 8.84. The number of halogens is 3. The highest BCUT2D eigenvalue weighted by Gasteiger charge is 2.31. The highest BCUT2D eigenvalue weighted by atomic mass is 19.4. The Morgan fingerprint density at radius 3 is 2.36 bits per heavy atom. The van der Waals surface area contributed by atoms with Crippen molar-refractivity contribution in [2.45, 2.75) is 44.4 Å². The molecule has 0 radical (unpaired) electrons. The van der Waals surface area contributed by atoms with Crippen LogP contribution in [0.1, 0.15) is 54.1 Å².